The van der Waals surface area contributed by atoms with E-state index in [4.69, 9.17) is 4.18 Å². The highest BCUT2D eigenvalue weighted by Gasteiger charge is 2.07. The third-order valence-electron chi connectivity index (χ3n) is 4.52. The van der Waals surface area contributed by atoms with Crippen molar-refractivity contribution in [2.75, 3.05) is 6.61 Å². The van der Waals surface area contributed by atoms with Crippen molar-refractivity contribution in [1.82, 2.24) is 0 Å². The van der Waals surface area contributed by atoms with Crippen molar-refractivity contribution in [3.8, 4) is 0 Å². The van der Waals surface area contributed by atoms with Crippen LogP contribution in [-0.4, -0.2) is 12.8 Å². The quantitative estimate of drug-likeness (QED) is 0.203. The highest BCUT2D eigenvalue weighted by atomic mass is 32.2. The standard InChI is InChI=1S/C22H37FOS/c1-2-3-4-5-6-7-8-9-10-11-12-14-17-21(23)20-24-25-22-18-15-13-16-19-22/h13,15-16,18-19,21H,2-12,14,17,20H2,1H3. The van der Waals surface area contributed by atoms with Crippen molar-refractivity contribution in [2.24, 2.45) is 0 Å². The van der Waals surface area contributed by atoms with Crippen LogP contribution in [0, 0.1) is 0 Å². The molecule has 1 nitrogen and oxygen atoms in total. The van der Waals surface area contributed by atoms with Crippen molar-refractivity contribution < 1.29 is 8.57 Å². The lowest BCUT2D eigenvalue weighted by Crippen LogP contribution is -2.07. The summed E-state index contributed by atoms with van der Waals surface area (Å²) >= 11 is 1.27. The molecule has 0 aliphatic carbocycles. The second-order valence-corrected chi connectivity index (χ2v) is 7.83. The first-order valence-electron chi connectivity index (χ1n) is 10.3. The third-order valence-corrected chi connectivity index (χ3v) is 5.24. The maximum absolute atomic E-state index is 13.8. The number of unbranched alkanes of at least 4 members (excludes halogenated alkanes) is 11. The second kappa shape index (κ2) is 16.9. The molecule has 0 saturated carbocycles. The van der Waals surface area contributed by atoms with Gasteiger partial charge in [0.25, 0.3) is 0 Å². The topological polar surface area (TPSA) is 9.23 Å². The number of rotatable bonds is 17. The van der Waals surface area contributed by atoms with E-state index in [1.807, 2.05) is 30.3 Å². The Labute approximate surface area is 159 Å². The lowest BCUT2D eigenvalue weighted by atomic mass is 10.0. The first kappa shape index (κ1) is 22.5. The molecule has 1 aromatic carbocycles. The Morgan fingerprint density at radius 1 is 0.800 bits per heavy atom. The van der Waals surface area contributed by atoms with Crippen molar-refractivity contribution in [3.63, 3.8) is 0 Å². The van der Waals surface area contributed by atoms with Gasteiger partial charge in [0.05, 0.1) is 6.61 Å². The average Bonchev–Trinajstić information content (AvgIpc) is 2.63. The molecule has 0 fully saturated rings. The predicted octanol–water partition coefficient (Wildman–Crippen LogP) is 8.14. The van der Waals surface area contributed by atoms with Crippen molar-refractivity contribution >= 4 is 12.0 Å². The number of hydrogen-bond donors (Lipinski definition) is 0. The van der Waals surface area contributed by atoms with E-state index in [0.29, 0.717) is 6.42 Å². The fraction of sp³-hybridized carbons (Fsp3) is 0.727. The molecule has 1 aromatic rings. The van der Waals surface area contributed by atoms with Gasteiger partial charge in [-0.3, -0.25) is 0 Å². The Bertz CT molecular complexity index is 385. The van der Waals surface area contributed by atoms with Crippen LogP contribution in [-0.2, 0) is 4.18 Å². The maximum Gasteiger partial charge on any atom is 0.125 e. The zero-order chi connectivity index (χ0) is 18.0. The molecule has 0 saturated heterocycles. The van der Waals surface area contributed by atoms with Gasteiger partial charge in [0.1, 0.15) is 6.17 Å². The summed E-state index contributed by atoms with van der Waals surface area (Å²) in [6.07, 6.45) is 15.6. The molecule has 0 amide bonds. The SMILES string of the molecule is CCCCCCCCCCCCCCC(F)COSc1ccccc1. The van der Waals surface area contributed by atoms with E-state index >= 15 is 0 Å². The summed E-state index contributed by atoms with van der Waals surface area (Å²) in [6, 6.07) is 9.85. The summed E-state index contributed by atoms with van der Waals surface area (Å²) in [5.41, 5.74) is 0. The van der Waals surface area contributed by atoms with Crippen molar-refractivity contribution in [3.05, 3.63) is 30.3 Å². The van der Waals surface area contributed by atoms with Crippen molar-refractivity contribution in [2.45, 2.75) is 101 Å². The Morgan fingerprint density at radius 3 is 1.88 bits per heavy atom. The fourth-order valence-corrected chi connectivity index (χ4v) is 3.56. The first-order valence-corrected chi connectivity index (χ1v) is 11.1. The minimum Gasteiger partial charge on any atom is -0.307 e. The number of benzene rings is 1. The highest BCUT2D eigenvalue weighted by Crippen LogP contribution is 2.20. The summed E-state index contributed by atoms with van der Waals surface area (Å²) in [5, 5.41) is 0. The Balaban J connectivity index is 1.80. The molecule has 0 spiro atoms. The first-order chi connectivity index (χ1) is 12.3. The van der Waals surface area contributed by atoms with Gasteiger partial charge in [-0.25, -0.2) is 4.39 Å². The zero-order valence-corrected chi connectivity index (χ0v) is 16.9. The highest BCUT2D eigenvalue weighted by molar-refractivity contribution is 7.94. The molecule has 0 aromatic heterocycles. The molecule has 0 aliphatic rings. The minimum atomic E-state index is -0.834. The van der Waals surface area contributed by atoms with Crippen LogP contribution in [0.5, 0.6) is 0 Å². The van der Waals surface area contributed by atoms with E-state index < -0.39 is 6.17 Å². The van der Waals surface area contributed by atoms with Gasteiger partial charge >= 0.3 is 0 Å². The molecule has 3 heteroatoms. The van der Waals surface area contributed by atoms with Gasteiger partial charge in [0.15, 0.2) is 0 Å². The van der Waals surface area contributed by atoms with E-state index in [1.54, 1.807) is 0 Å². The predicted molar refractivity (Wildman–Crippen MR) is 109 cm³/mol. The normalized spacial score (nSPS) is 12.4. The molecule has 0 aliphatic heterocycles. The van der Waals surface area contributed by atoms with E-state index in [1.165, 1.54) is 76.3 Å². The smallest absolute Gasteiger partial charge is 0.125 e. The molecule has 0 bridgehead atoms. The Hall–Kier alpha value is -0.540. The molecule has 25 heavy (non-hydrogen) atoms. The van der Waals surface area contributed by atoms with Crippen LogP contribution >= 0.6 is 12.0 Å². The van der Waals surface area contributed by atoms with Gasteiger partial charge in [-0.1, -0.05) is 102 Å². The van der Waals surface area contributed by atoms with E-state index in [-0.39, 0.29) is 6.61 Å². The molecule has 0 radical (unpaired) electrons. The van der Waals surface area contributed by atoms with Crippen LogP contribution in [0.15, 0.2) is 35.2 Å². The molecule has 0 heterocycles. The van der Waals surface area contributed by atoms with Crippen LogP contribution in [0.25, 0.3) is 0 Å². The average molecular weight is 369 g/mol. The van der Waals surface area contributed by atoms with E-state index in [0.717, 1.165) is 17.7 Å². The van der Waals surface area contributed by atoms with Crippen LogP contribution in [0.2, 0.25) is 0 Å². The number of alkyl halides is 1. The van der Waals surface area contributed by atoms with Crippen LogP contribution < -0.4 is 0 Å². The molecular weight excluding hydrogens is 331 g/mol. The van der Waals surface area contributed by atoms with Crippen molar-refractivity contribution in [1.29, 1.82) is 0 Å². The van der Waals surface area contributed by atoms with Gasteiger partial charge in [-0.05, 0) is 18.6 Å². The summed E-state index contributed by atoms with van der Waals surface area (Å²) in [5.74, 6) is 0. The van der Waals surface area contributed by atoms with Gasteiger partial charge < -0.3 is 4.18 Å². The Kier molecular flexibility index (Phi) is 15.2. The molecular formula is C22H37FOS. The molecule has 144 valence electrons. The summed E-state index contributed by atoms with van der Waals surface area (Å²) in [7, 11) is 0. The van der Waals surface area contributed by atoms with Gasteiger partial charge in [0, 0.05) is 16.9 Å². The monoisotopic (exact) mass is 368 g/mol. The molecule has 1 atom stereocenters. The Morgan fingerprint density at radius 2 is 1.32 bits per heavy atom. The largest absolute Gasteiger partial charge is 0.307 e. The lowest BCUT2D eigenvalue weighted by Gasteiger charge is -2.08. The lowest BCUT2D eigenvalue weighted by molar-refractivity contribution is 0.204. The number of halogens is 1. The van der Waals surface area contributed by atoms with Crippen LogP contribution in [0.4, 0.5) is 4.39 Å². The van der Waals surface area contributed by atoms with Crippen LogP contribution in [0.3, 0.4) is 0 Å². The summed E-state index contributed by atoms with van der Waals surface area (Å²) in [6.45, 7) is 2.46. The van der Waals surface area contributed by atoms with Crippen LogP contribution in [0.1, 0.15) is 90.4 Å². The maximum atomic E-state index is 13.8. The summed E-state index contributed by atoms with van der Waals surface area (Å²) < 4.78 is 19.2. The van der Waals surface area contributed by atoms with E-state index in [2.05, 4.69) is 6.92 Å². The third kappa shape index (κ3) is 14.3. The molecule has 1 rings (SSSR count). The van der Waals surface area contributed by atoms with Gasteiger partial charge in [-0.15, -0.1) is 0 Å². The fourth-order valence-electron chi connectivity index (χ4n) is 2.94. The van der Waals surface area contributed by atoms with Gasteiger partial charge in [-0.2, -0.15) is 0 Å². The zero-order valence-electron chi connectivity index (χ0n) is 16.1. The number of hydrogen-bond acceptors (Lipinski definition) is 2. The molecule has 0 N–H and O–H groups in total. The second-order valence-electron chi connectivity index (χ2n) is 6.96. The summed E-state index contributed by atoms with van der Waals surface area (Å²) in [4.78, 5) is 1.03. The molecule has 1 unspecified atom stereocenters. The van der Waals surface area contributed by atoms with E-state index in [9.17, 15) is 4.39 Å². The minimum absolute atomic E-state index is 0.192. The van der Waals surface area contributed by atoms with Gasteiger partial charge in [0.2, 0.25) is 0 Å².